The predicted octanol–water partition coefficient (Wildman–Crippen LogP) is 2.42. The van der Waals surface area contributed by atoms with Gasteiger partial charge in [0, 0.05) is 44.6 Å². The van der Waals surface area contributed by atoms with Crippen molar-refractivity contribution in [1.29, 1.82) is 0 Å². The Labute approximate surface area is 160 Å². The molecule has 2 aliphatic rings. The Balaban J connectivity index is 1.38. The van der Waals surface area contributed by atoms with Crippen molar-refractivity contribution < 1.29 is 18.0 Å². The van der Waals surface area contributed by atoms with Gasteiger partial charge in [-0.3, -0.25) is 9.69 Å². The highest BCUT2D eigenvalue weighted by Crippen LogP contribution is 2.32. The van der Waals surface area contributed by atoms with E-state index in [9.17, 15) is 18.0 Å². The largest absolute Gasteiger partial charge is 0.416 e. The van der Waals surface area contributed by atoms with Crippen molar-refractivity contribution in [2.75, 3.05) is 42.5 Å². The van der Waals surface area contributed by atoms with E-state index in [1.54, 1.807) is 11.1 Å². The molecule has 0 saturated carbocycles. The van der Waals surface area contributed by atoms with Gasteiger partial charge in [0.05, 0.1) is 11.6 Å². The van der Waals surface area contributed by atoms with E-state index >= 15 is 0 Å². The number of carbonyl (C=O) groups is 1. The zero-order valence-corrected chi connectivity index (χ0v) is 15.1. The van der Waals surface area contributed by atoms with Crippen molar-refractivity contribution in [2.24, 2.45) is 0 Å². The number of carbonyl (C=O) groups excluding carboxylic acids is 1. The van der Waals surface area contributed by atoms with E-state index in [1.165, 1.54) is 12.1 Å². The second-order valence-electron chi connectivity index (χ2n) is 6.94. The van der Waals surface area contributed by atoms with Crippen LogP contribution in [-0.2, 0) is 11.0 Å². The fourth-order valence-electron chi connectivity index (χ4n) is 3.82. The monoisotopic (exact) mass is 391 g/mol. The zero-order chi connectivity index (χ0) is 19.7. The van der Waals surface area contributed by atoms with Crippen molar-refractivity contribution in [1.82, 2.24) is 15.1 Å². The Morgan fingerprint density at radius 2 is 1.68 bits per heavy atom. The van der Waals surface area contributed by atoms with Crippen molar-refractivity contribution >= 4 is 17.4 Å². The highest BCUT2D eigenvalue weighted by molar-refractivity contribution is 5.99. The summed E-state index contributed by atoms with van der Waals surface area (Å²) in [5.41, 5.74) is -0.196. The minimum Gasteiger partial charge on any atom is -0.353 e. The maximum absolute atomic E-state index is 12.9. The van der Waals surface area contributed by atoms with Crippen molar-refractivity contribution in [2.45, 2.75) is 18.6 Å². The van der Waals surface area contributed by atoms with Gasteiger partial charge in [0.15, 0.2) is 5.82 Å². The Morgan fingerprint density at radius 3 is 2.29 bits per heavy atom. The fraction of sp³-hybridized carbons (Fsp3) is 0.421. The molecule has 28 heavy (non-hydrogen) atoms. The second-order valence-corrected chi connectivity index (χ2v) is 6.94. The number of anilines is 2. The fourth-order valence-corrected chi connectivity index (χ4v) is 3.82. The van der Waals surface area contributed by atoms with Crippen LogP contribution in [-0.4, -0.2) is 59.8 Å². The maximum Gasteiger partial charge on any atom is 0.416 e. The zero-order valence-electron chi connectivity index (χ0n) is 15.1. The van der Waals surface area contributed by atoms with Gasteiger partial charge in [-0.25, -0.2) is 0 Å². The average molecular weight is 391 g/mol. The minimum absolute atomic E-state index is 0.0484. The Hall–Kier alpha value is -2.68. The molecule has 0 bridgehead atoms. The van der Waals surface area contributed by atoms with E-state index in [0.717, 1.165) is 44.1 Å². The molecule has 2 fully saturated rings. The Morgan fingerprint density at radius 1 is 0.964 bits per heavy atom. The van der Waals surface area contributed by atoms with Gasteiger partial charge in [0.25, 0.3) is 0 Å². The summed E-state index contributed by atoms with van der Waals surface area (Å²) >= 11 is 0. The van der Waals surface area contributed by atoms with Gasteiger partial charge in [-0.1, -0.05) is 0 Å². The summed E-state index contributed by atoms with van der Waals surface area (Å²) in [6, 6.07) is 8.31. The number of halogens is 3. The first-order chi connectivity index (χ1) is 13.4. The molecule has 2 aliphatic heterocycles. The summed E-state index contributed by atoms with van der Waals surface area (Å²) in [6.45, 7) is 3.48. The van der Waals surface area contributed by atoms with E-state index in [4.69, 9.17) is 0 Å². The molecule has 2 saturated heterocycles. The number of hydrogen-bond donors (Lipinski definition) is 0. The molecule has 148 valence electrons. The number of benzene rings is 1. The van der Waals surface area contributed by atoms with Crippen molar-refractivity contribution in [3.05, 3.63) is 48.2 Å². The molecule has 9 heteroatoms. The van der Waals surface area contributed by atoms with Crippen LogP contribution in [0.15, 0.2) is 42.6 Å². The molecule has 1 aromatic heterocycles. The molecule has 0 spiro atoms. The number of alkyl halides is 3. The van der Waals surface area contributed by atoms with Crippen molar-refractivity contribution in [3.8, 4) is 0 Å². The second kappa shape index (κ2) is 7.38. The van der Waals surface area contributed by atoms with Gasteiger partial charge in [-0.05, 0) is 42.8 Å². The quantitative estimate of drug-likeness (QED) is 0.805. The molecule has 0 radical (unpaired) electrons. The van der Waals surface area contributed by atoms with Crippen molar-refractivity contribution in [3.63, 3.8) is 0 Å². The first-order valence-corrected chi connectivity index (χ1v) is 9.19. The van der Waals surface area contributed by atoms with E-state index < -0.39 is 11.7 Å². The van der Waals surface area contributed by atoms with Crippen LogP contribution >= 0.6 is 0 Å². The van der Waals surface area contributed by atoms with E-state index in [1.807, 2.05) is 12.1 Å². The lowest BCUT2D eigenvalue weighted by Crippen LogP contribution is -2.52. The van der Waals surface area contributed by atoms with Crippen LogP contribution in [0.3, 0.4) is 0 Å². The van der Waals surface area contributed by atoms with Crippen LogP contribution < -0.4 is 9.80 Å². The van der Waals surface area contributed by atoms with Gasteiger partial charge in [-0.15, -0.1) is 5.10 Å². The molecular weight excluding hydrogens is 371 g/mol. The third-order valence-corrected chi connectivity index (χ3v) is 5.32. The van der Waals surface area contributed by atoms with Gasteiger partial charge in [0.1, 0.15) is 0 Å². The van der Waals surface area contributed by atoms with Crippen LogP contribution in [0.2, 0.25) is 0 Å². The molecule has 2 aromatic rings. The van der Waals surface area contributed by atoms with E-state index in [-0.39, 0.29) is 11.9 Å². The molecule has 0 aliphatic carbocycles. The minimum atomic E-state index is -4.38. The highest BCUT2D eigenvalue weighted by atomic mass is 19.4. The third-order valence-electron chi connectivity index (χ3n) is 5.32. The molecule has 4 rings (SSSR count). The maximum atomic E-state index is 12.9. The molecule has 0 N–H and O–H groups in total. The number of amides is 1. The summed E-state index contributed by atoms with van der Waals surface area (Å²) < 4.78 is 38.2. The van der Waals surface area contributed by atoms with E-state index in [2.05, 4.69) is 20.0 Å². The summed E-state index contributed by atoms with van der Waals surface area (Å²) in [7, 11) is 0. The summed E-state index contributed by atoms with van der Waals surface area (Å²) in [5, 5.41) is 8.01. The first kappa shape index (κ1) is 18.7. The SMILES string of the molecule is O=C1C(N2CCN(c3cccnn3)CC2)CCN1c1ccc(C(F)(F)F)cc1. The summed E-state index contributed by atoms with van der Waals surface area (Å²) in [5.74, 6) is 0.777. The van der Waals surface area contributed by atoms with Gasteiger partial charge >= 0.3 is 6.18 Å². The number of piperazine rings is 1. The predicted molar refractivity (Wildman–Crippen MR) is 98.0 cm³/mol. The first-order valence-electron chi connectivity index (χ1n) is 9.19. The molecule has 1 aromatic carbocycles. The van der Waals surface area contributed by atoms with Crippen LogP contribution in [0.4, 0.5) is 24.7 Å². The number of aromatic nitrogens is 2. The van der Waals surface area contributed by atoms with Crippen LogP contribution in [0.1, 0.15) is 12.0 Å². The van der Waals surface area contributed by atoms with Gasteiger partial charge in [-0.2, -0.15) is 18.3 Å². The standard InChI is InChI=1S/C19H20F3N5O/c20-19(21,22)14-3-5-15(6-4-14)27-9-7-16(18(27)28)25-10-12-26(13-11-25)17-2-1-8-23-24-17/h1-6,8,16H,7,9-13H2. The highest BCUT2D eigenvalue weighted by Gasteiger charge is 2.38. The molecule has 1 unspecified atom stereocenters. The van der Waals surface area contributed by atoms with Crippen LogP contribution in [0.25, 0.3) is 0 Å². The Bertz CT molecular complexity index is 820. The van der Waals surface area contributed by atoms with Gasteiger partial charge < -0.3 is 9.80 Å². The molecule has 1 amide bonds. The van der Waals surface area contributed by atoms with E-state index in [0.29, 0.717) is 18.7 Å². The lowest BCUT2D eigenvalue weighted by atomic mass is 10.1. The summed E-state index contributed by atoms with van der Waals surface area (Å²) in [6.07, 6.45) is -2.07. The molecule has 1 atom stereocenters. The smallest absolute Gasteiger partial charge is 0.353 e. The topological polar surface area (TPSA) is 52.6 Å². The average Bonchev–Trinajstić information content (AvgIpc) is 3.09. The molecule has 6 nitrogen and oxygen atoms in total. The number of rotatable bonds is 3. The van der Waals surface area contributed by atoms with Crippen LogP contribution in [0, 0.1) is 0 Å². The normalized spacial score (nSPS) is 21.4. The van der Waals surface area contributed by atoms with Crippen LogP contribution in [0.5, 0.6) is 0 Å². The molecule has 3 heterocycles. The summed E-state index contributed by atoms with van der Waals surface area (Å²) in [4.78, 5) is 18.7. The number of nitrogens with zero attached hydrogens (tertiary/aromatic N) is 5. The molecular formula is C19H20F3N5O. The number of hydrogen-bond acceptors (Lipinski definition) is 5. The Kier molecular flexibility index (Phi) is 4.92. The van der Waals surface area contributed by atoms with Gasteiger partial charge in [0.2, 0.25) is 5.91 Å². The lowest BCUT2D eigenvalue weighted by molar-refractivity contribution is -0.137. The third kappa shape index (κ3) is 3.66. The lowest BCUT2D eigenvalue weighted by Gasteiger charge is -2.37.